The average molecular weight is 236 g/mol. The third-order valence-electron chi connectivity index (χ3n) is 4.10. The molecule has 17 heavy (non-hydrogen) atoms. The van der Waals surface area contributed by atoms with Gasteiger partial charge in [-0.05, 0) is 51.5 Å². The molecule has 0 N–H and O–H groups in total. The Kier molecular flexibility index (Phi) is 3.36. The van der Waals surface area contributed by atoms with Crippen molar-refractivity contribution >= 4 is 11.8 Å². The molecule has 2 aliphatic carbocycles. The summed E-state index contributed by atoms with van der Waals surface area (Å²) < 4.78 is 5.10. The molecule has 1 saturated carbocycles. The zero-order chi connectivity index (χ0) is 12.5. The van der Waals surface area contributed by atoms with Gasteiger partial charge in [0, 0.05) is 17.4 Å². The topological polar surface area (TPSA) is 43.4 Å². The van der Waals surface area contributed by atoms with Gasteiger partial charge in [0.1, 0.15) is 5.78 Å². The van der Waals surface area contributed by atoms with Crippen molar-refractivity contribution in [2.24, 2.45) is 5.41 Å². The molecule has 0 bridgehead atoms. The fourth-order valence-electron chi connectivity index (χ4n) is 3.13. The Labute approximate surface area is 102 Å². The number of ether oxygens (including phenoxy) is 1. The van der Waals surface area contributed by atoms with Crippen molar-refractivity contribution < 1.29 is 14.3 Å². The van der Waals surface area contributed by atoms with E-state index in [-0.39, 0.29) is 11.4 Å². The van der Waals surface area contributed by atoms with E-state index in [0.29, 0.717) is 18.8 Å². The molecule has 3 heteroatoms. The third-order valence-corrected chi connectivity index (χ3v) is 4.10. The van der Waals surface area contributed by atoms with Crippen LogP contribution in [0.4, 0.5) is 0 Å². The van der Waals surface area contributed by atoms with E-state index in [9.17, 15) is 9.59 Å². The molecule has 2 rings (SSSR count). The highest BCUT2D eigenvalue weighted by Crippen LogP contribution is 2.47. The van der Waals surface area contributed by atoms with Gasteiger partial charge in [-0.2, -0.15) is 0 Å². The first kappa shape index (κ1) is 12.3. The molecule has 0 spiro atoms. The summed E-state index contributed by atoms with van der Waals surface area (Å²) in [7, 11) is 0. The van der Waals surface area contributed by atoms with Crippen LogP contribution in [0, 0.1) is 5.41 Å². The third kappa shape index (κ3) is 2.03. The van der Waals surface area contributed by atoms with Gasteiger partial charge in [0.25, 0.3) is 0 Å². The zero-order valence-electron chi connectivity index (χ0n) is 10.7. The number of Topliss-reactive ketones (excluding diaryl/α,β-unsaturated/α-hetero) is 1. The molecule has 0 saturated heterocycles. The lowest BCUT2D eigenvalue weighted by Crippen LogP contribution is -2.37. The predicted octanol–water partition coefficient (Wildman–Crippen LogP) is 2.79. The summed E-state index contributed by atoms with van der Waals surface area (Å²) in [4.78, 5) is 24.0. The molecule has 1 fully saturated rings. The number of fused-ring (bicyclic) bond motifs is 1. The van der Waals surface area contributed by atoms with E-state index in [1.165, 1.54) is 0 Å². The van der Waals surface area contributed by atoms with Crippen molar-refractivity contribution in [2.45, 2.75) is 52.4 Å². The molecule has 0 aromatic carbocycles. The second-order valence-corrected chi connectivity index (χ2v) is 5.14. The summed E-state index contributed by atoms with van der Waals surface area (Å²) in [5, 5.41) is 0. The van der Waals surface area contributed by atoms with Gasteiger partial charge in [-0.1, -0.05) is 0 Å². The fraction of sp³-hybridized carbons (Fsp3) is 0.714. The van der Waals surface area contributed by atoms with Crippen LogP contribution < -0.4 is 0 Å². The monoisotopic (exact) mass is 236 g/mol. The maximum Gasteiger partial charge on any atom is 0.333 e. The van der Waals surface area contributed by atoms with Crippen LogP contribution in [0.1, 0.15) is 52.4 Å². The van der Waals surface area contributed by atoms with Crippen LogP contribution in [-0.4, -0.2) is 18.4 Å². The van der Waals surface area contributed by atoms with Crippen molar-refractivity contribution in [1.29, 1.82) is 0 Å². The Bertz CT molecular complexity index is 381. The molecule has 2 aliphatic rings. The maximum absolute atomic E-state index is 12.1. The average Bonchev–Trinajstić information content (AvgIpc) is 2.30. The number of hydrogen-bond acceptors (Lipinski definition) is 3. The first-order chi connectivity index (χ1) is 8.09. The van der Waals surface area contributed by atoms with Crippen molar-refractivity contribution in [3.63, 3.8) is 0 Å². The molecule has 0 unspecified atom stereocenters. The smallest absolute Gasteiger partial charge is 0.333 e. The summed E-state index contributed by atoms with van der Waals surface area (Å²) in [6.07, 6.45) is 5.01. The van der Waals surface area contributed by atoms with Gasteiger partial charge in [-0.15, -0.1) is 0 Å². The van der Waals surface area contributed by atoms with Crippen molar-refractivity contribution in [2.75, 3.05) is 6.61 Å². The van der Waals surface area contributed by atoms with Gasteiger partial charge in [0.15, 0.2) is 0 Å². The maximum atomic E-state index is 12.1. The minimum atomic E-state index is -0.376. The SMILES string of the molecule is CCOC(=O)C1=C2CCCC(=O)[C@]2(C)CCC1. The molecule has 0 heterocycles. The zero-order valence-corrected chi connectivity index (χ0v) is 10.7. The second-order valence-electron chi connectivity index (χ2n) is 5.14. The number of esters is 1. The number of hydrogen-bond donors (Lipinski definition) is 0. The number of ketones is 1. The van der Waals surface area contributed by atoms with Gasteiger partial charge < -0.3 is 4.74 Å². The van der Waals surface area contributed by atoms with Gasteiger partial charge in [0.2, 0.25) is 0 Å². The van der Waals surface area contributed by atoms with Crippen LogP contribution in [0.25, 0.3) is 0 Å². The number of carbonyl (C=O) groups is 2. The van der Waals surface area contributed by atoms with E-state index in [1.807, 2.05) is 13.8 Å². The van der Waals surface area contributed by atoms with Crippen LogP contribution >= 0.6 is 0 Å². The minimum absolute atomic E-state index is 0.205. The summed E-state index contributed by atoms with van der Waals surface area (Å²) in [5.74, 6) is 0.100. The fourth-order valence-corrected chi connectivity index (χ4v) is 3.13. The number of allylic oxidation sites excluding steroid dienone is 1. The van der Waals surface area contributed by atoms with Gasteiger partial charge in [-0.3, -0.25) is 4.79 Å². The lowest BCUT2D eigenvalue weighted by molar-refractivity contribution is -0.139. The molecule has 0 amide bonds. The Morgan fingerprint density at radius 1 is 1.29 bits per heavy atom. The molecule has 0 aliphatic heterocycles. The summed E-state index contributed by atoms with van der Waals surface area (Å²) in [5.41, 5.74) is 1.48. The van der Waals surface area contributed by atoms with E-state index in [2.05, 4.69) is 0 Å². The Hall–Kier alpha value is -1.12. The number of carbonyl (C=O) groups excluding carboxylic acids is 2. The van der Waals surface area contributed by atoms with Gasteiger partial charge in [0.05, 0.1) is 6.61 Å². The first-order valence-corrected chi connectivity index (χ1v) is 6.52. The highest BCUT2D eigenvalue weighted by Gasteiger charge is 2.43. The Morgan fingerprint density at radius 3 is 2.76 bits per heavy atom. The first-order valence-electron chi connectivity index (χ1n) is 6.52. The molecule has 3 nitrogen and oxygen atoms in total. The lowest BCUT2D eigenvalue weighted by Gasteiger charge is -2.39. The highest BCUT2D eigenvalue weighted by molar-refractivity contribution is 5.95. The van der Waals surface area contributed by atoms with E-state index >= 15 is 0 Å². The Morgan fingerprint density at radius 2 is 2.06 bits per heavy atom. The Balaban J connectivity index is 2.38. The molecule has 0 aromatic rings. The summed E-state index contributed by atoms with van der Waals surface area (Å²) in [6.45, 7) is 4.22. The van der Waals surface area contributed by atoms with E-state index in [4.69, 9.17) is 4.74 Å². The van der Waals surface area contributed by atoms with E-state index in [1.54, 1.807) is 0 Å². The lowest BCUT2D eigenvalue weighted by atomic mass is 9.63. The summed E-state index contributed by atoms with van der Waals surface area (Å²) in [6, 6.07) is 0. The van der Waals surface area contributed by atoms with Gasteiger partial charge in [-0.25, -0.2) is 4.79 Å². The van der Waals surface area contributed by atoms with Crippen LogP contribution in [0.15, 0.2) is 11.1 Å². The van der Waals surface area contributed by atoms with Crippen molar-refractivity contribution in [3.05, 3.63) is 11.1 Å². The van der Waals surface area contributed by atoms with Crippen molar-refractivity contribution in [3.8, 4) is 0 Å². The quantitative estimate of drug-likeness (QED) is 0.692. The van der Waals surface area contributed by atoms with Gasteiger partial charge >= 0.3 is 5.97 Å². The normalized spacial score (nSPS) is 28.9. The van der Waals surface area contributed by atoms with E-state index in [0.717, 1.165) is 43.3 Å². The van der Waals surface area contributed by atoms with Crippen LogP contribution in [0.5, 0.6) is 0 Å². The largest absolute Gasteiger partial charge is 0.463 e. The summed E-state index contributed by atoms with van der Waals surface area (Å²) >= 11 is 0. The number of rotatable bonds is 2. The molecule has 0 radical (unpaired) electrons. The minimum Gasteiger partial charge on any atom is -0.463 e. The molecule has 94 valence electrons. The van der Waals surface area contributed by atoms with E-state index < -0.39 is 0 Å². The second kappa shape index (κ2) is 4.63. The predicted molar refractivity (Wildman–Crippen MR) is 64.5 cm³/mol. The molecule has 1 atom stereocenters. The standard InChI is InChI=1S/C14H20O3/c1-3-17-13(16)10-6-5-9-14(2)11(10)7-4-8-12(14)15/h3-9H2,1-2H3/t14-/m1/s1. The highest BCUT2D eigenvalue weighted by atomic mass is 16.5. The van der Waals surface area contributed by atoms with Crippen molar-refractivity contribution in [1.82, 2.24) is 0 Å². The van der Waals surface area contributed by atoms with Crippen LogP contribution in [0.2, 0.25) is 0 Å². The van der Waals surface area contributed by atoms with Crippen LogP contribution in [0.3, 0.4) is 0 Å². The molecular formula is C14H20O3. The van der Waals surface area contributed by atoms with Crippen LogP contribution in [-0.2, 0) is 14.3 Å². The molecular weight excluding hydrogens is 216 g/mol. The molecule has 0 aromatic heterocycles.